The lowest BCUT2D eigenvalue weighted by Gasteiger charge is -2.22. The molecule has 0 saturated carbocycles. The Morgan fingerprint density at radius 3 is 2.82 bits per heavy atom. The molecule has 1 aromatic rings. The summed E-state index contributed by atoms with van der Waals surface area (Å²) in [5.41, 5.74) is 2.65. The maximum Gasteiger partial charge on any atom is 0.414 e. The zero-order chi connectivity index (χ0) is 20.0. The molecule has 3 unspecified atom stereocenters. The summed E-state index contributed by atoms with van der Waals surface area (Å²) in [6, 6.07) is 6.96. The maximum atomic E-state index is 12.8. The van der Waals surface area contributed by atoms with Gasteiger partial charge in [-0.3, -0.25) is 14.5 Å². The Kier molecular flexibility index (Phi) is 4.19. The Morgan fingerprint density at radius 1 is 1.36 bits per heavy atom. The third-order valence-electron chi connectivity index (χ3n) is 5.44. The average molecular weight is 378 g/mol. The fourth-order valence-electron chi connectivity index (χ4n) is 4.17. The van der Waals surface area contributed by atoms with Crippen molar-refractivity contribution in [3.63, 3.8) is 0 Å². The summed E-state index contributed by atoms with van der Waals surface area (Å²) in [7, 11) is 0. The van der Waals surface area contributed by atoms with Gasteiger partial charge in [0.2, 0.25) is 0 Å². The van der Waals surface area contributed by atoms with Crippen molar-refractivity contribution in [3.8, 4) is 12.3 Å². The lowest BCUT2D eigenvalue weighted by atomic mass is 9.97. The summed E-state index contributed by atoms with van der Waals surface area (Å²) in [6.45, 7) is 1.74. The van der Waals surface area contributed by atoms with Crippen LogP contribution in [0, 0.1) is 18.3 Å². The van der Waals surface area contributed by atoms with Crippen LogP contribution in [-0.4, -0.2) is 45.6 Å². The van der Waals surface area contributed by atoms with Crippen LogP contribution in [0.4, 0.5) is 4.79 Å². The Balaban J connectivity index is 1.65. The Bertz CT molecular complexity index is 987. The van der Waals surface area contributed by atoms with Crippen molar-refractivity contribution in [3.05, 3.63) is 58.9 Å². The number of carbonyl (C=O) groups is 3. The molecule has 28 heavy (non-hydrogen) atoms. The molecule has 7 nitrogen and oxygen atoms in total. The van der Waals surface area contributed by atoms with E-state index in [9.17, 15) is 19.5 Å². The number of carbonyl (C=O) groups excluding carboxylic acids is 2. The molecule has 1 aliphatic carbocycles. The normalized spacial score (nSPS) is 26.9. The first-order valence-corrected chi connectivity index (χ1v) is 8.86. The van der Waals surface area contributed by atoms with Crippen LogP contribution in [0.5, 0.6) is 0 Å². The smallest absolute Gasteiger partial charge is 0.414 e. The highest BCUT2D eigenvalue weighted by Gasteiger charge is 2.52. The van der Waals surface area contributed by atoms with Gasteiger partial charge in [0.05, 0.1) is 24.4 Å². The number of likely N-dealkylation sites (tertiary alicyclic amines) is 1. The minimum absolute atomic E-state index is 0.0766. The number of rotatable bonds is 3. The molecule has 142 valence electrons. The zero-order valence-electron chi connectivity index (χ0n) is 15.2. The summed E-state index contributed by atoms with van der Waals surface area (Å²) < 4.78 is 5.73. The van der Waals surface area contributed by atoms with Crippen LogP contribution >= 0.6 is 0 Å². The lowest BCUT2D eigenvalue weighted by Crippen LogP contribution is -2.36. The molecule has 0 radical (unpaired) electrons. The highest BCUT2D eigenvalue weighted by Crippen LogP contribution is 2.49. The van der Waals surface area contributed by atoms with Crippen LogP contribution in [-0.2, 0) is 20.7 Å². The topological polar surface area (TPSA) is 87.2 Å². The number of amides is 3. The van der Waals surface area contributed by atoms with Crippen molar-refractivity contribution >= 4 is 17.9 Å². The predicted octanol–water partition coefficient (Wildman–Crippen LogP) is 2.07. The van der Waals surface area contributed by atoms with Crippen LogP contribution < -0.4 is 0 Å². The van der Waals surface area contributed by atoms with Crippen molar-refractivity contribution < 1.29 is 24.2 Å². The van der Waals surface area contributed by atoms with Gasteiger partial charge in [-0.15, -0.1) is 6.42 Å². The second-order valence-corrected chi connectivity index (χ2v) is 7.00. The van der Waals surface area contributed by atoms with Crippen molar-refractivity contribution in [1.82, 2.24) is 9.80 Å². The second kappa shape index (κ2) is 6.57. The highest BCUT2D eigenvalue weighted by atomic mass is 16.5. The van der Waals surface area contributed by atoms with Crippen molar-refractivity contribution in [1.29, 1.82) is 0 Å². The molecule has 1 fully saturated rings. The third kappa shape index (κ3) is 2.57. The SMILES string of the molecule is C#CCN1C(=O)C(C)=CC1OC=C1C(=O)N(C(=O)O)C2c3ccccc3CC12. The van der Waals surface area contributed by atoms with Crippen LogP contribution in [0.15, 0.2) is 47.7 Å². The molecule has 0 aromatic heterocycles. The molecule has 3 amide bonds. The first kappa shape index (κ1) is 17.9. The number of benzene rings is 1. The van der Waals surface area contributed by atoms with E-state index in [-0.39, 0.29) is 23.9 Å². The Labute approximate surface area is 161 Å². The first-order chi connectivity index (χ1) is 13.4. The number of imide groups is 1. The second-order valence-electron chi connectivity index (χ2n) is 7.00. The van der Waals surface area contributed by atoms with E-state index in [1.165, 1.54) is 11.2 Å². The molecular weight excluding hydrogens is 360 g/mol. The molecule has 2 heterocycles. The van der Waals surface area contributed by atoms with Gasteiger partial charge < -0.3 is 9.84 Å². The molecule has 0 spiro atoms. The van der Waals surface area contributed by atoms with Gasteiger partial charge >= 0.3 is 6.09 Å². The molecule has 1 N–H and O–H groups in total. The van der Waals surface area contributed by atoms with Gasteiger partial charge in [0.1, 0.15) is 0 Å². The molecule has 3 atom stereocenters. The predicted molar refractivity (Wildman–Crippen MR) is 98.5 cm³/mol. The minimum atomic E-state index is -1.29. The number of terminal acetylenes is 1. The molecule has 0 bridgehead atoms. The van der Waals surface area contributed by atoms with E-state index in [1.54, 1.807) is 13.0 Å². The summed E-state index contributed by atoms with van der Waals surface area (Å²) in [5, 5.41) is 9.59. The number of fused-ring (bicyclic) bond motifs is 3. The average Bonchev–Trinajstić information content (AvgIpc) is 3.25. The summed E-state index contributed by atoms with van der Waals surface area (Å²) in [6.07, 6.45) is 6.80. The fourth-order valence-corrected chi connectivity index (χ4v) is 4.17. The van der Waals surface area contributed by atoms with E-state index >= 15 is 0 Å². The van der Waals surface area contributed by atoms with Gasteiger partial charge in [-0.1, -0.05) is 30.2 Å². The molecule has 1 saturated heterocycles. The highest BCUT2D eigenvalue weighted by molar-refractivity contribution is 6.05. The van der Waals surface area contributed by atoms with Crippen LogP contribution in [0.1, 0.15) is 24.1 Å². The van der Waals surface area contributed by atoms with Crippen molar-refractivity contribution in [2.45, 2.75) is 25.6 Å². The summed E-state index contributed by atoms with van der Waals surface area (Å²) in [4.78, 5) is 38.9. The largest absolute Gasteiger partial charge is 0.474 e. The van der Waals surface area contributed by atoms with E-state index < -0.39 is 24.3 Å². The van der Waals surface area contributed by atoms with Crippen molar-refractivity contribution in [2.24, 2.45) is 5.92 Å². The Morgan fingerprint density at radius 2 is 2.11 bits per heavy atom. The molecule has 1 aromatic carbocycles. The number of hydrogen-bond donors (Lipinski definition) is 1. The lowest BCUT2D eigenvalue weighted by molar-refractivity contribution is -0.131. The van der Waals surface area contributed by atoms with Gasteiger partial charge in [0.15, 0.2) is 6.23 Å². The maximum absolute atomic E-state index is 12.8. The fraction of sp³-hybridized carbons (Fsp3) is 0.286. The molecule has 2 aliphatic heterocycles. The molecular formula is C21H18N2O5. The van der Waals surface area contributed by atoms with Gasteiger partial charge in [-0.25, -0.2) is 9.69 Å². The van der Waals surface area contributed by atoms with Crippen molar-refractivity contribution in [2.75, 3.05) is 6.54 Å². The van der Waals surface area contributed by atoms with Gasteiger partial charge in [-0.05, 0) is 30.5 Å². The quantitative estimate of drug-likeness (QED) is 0.494. The van der Waals surface area contributed by atoms with Crippen LogP contribution in [0.2, 0.25) is 0 Å². The van der Waals surface area contributed by atoms with Gasteiger partial charge in [0, 0.05) is 11.5 Å². The van der Waals surface area contributed by atoms with E-state index in [2.05, 4.69) is 5.92 Å². The van der Waals surface area contributed by atoms with Gasteiger partial charge in [0.25, 0.3) is 11.8 Å². The van der Waals surface area contributed by atoms with Gasteiger partial charge in [-0.2, -0.15) is 0 Å². The summed E-state index contributed by atoms with van der Waals surface area (Å²) in [5.74, 6) is 1.28. The van der Waals surface area contributed by atoms with E-state index in [4.69, 9.17) is 11.2 Å². The monoisotopic (exact) mass is 378 g/mol. The van der Waals surface area contributed by atoms with Crippen LogP contribution in [0.3, 0.4) is 0 Å². The van der Waals surface area contributed by atoms with E-state index in [0.29, 0.717) is 12.0 Å². The molecule has 3 aliphatic rings. The molecule has 7 heteroatoms. The first-order valence-electron chi connectivity index (χ1n) is 8.86. The van der Waals surface area contributed by atoms with E-state index in [0.717, 1.165) is 16.0 Å². The number of nitrogens with zero attached hydrogens (tertiary/aromatic N) is 2. The minimum Gasteiger partial charge on any atom is -0.474 e. The number of carboxylic acid groups (broad SMARTS) is 1. The molecule has 4 rings (SSSR count). The number of ether oxygens (including phenoxy) is 1. The summed E-state index contributed by atoms with van der Waals surface area (Å²) >= 11 is 0. The zero-order valence-corrected chi connectivity index (χ0v) is 15.2. The van der Waals surface area contributed by atoms with E-state index in [1.807, 2.05) is 24.3 Å². The Hall–Kier alpha value is -3.53. The standard InChI is InChI=1S/C21H18N2O5/c1-3-8-22-17(9-12(2)19(22)24)28-11-16-15-10-13-6-4-5-7-14(13)18(15)23(20(16)25)21(26)27/h1,4-7,9,11,15,17-18H,8,10H2,2H3,(H,26,27). The number of hydrogen-bond acceptors (Lipinski definition) is 4. The van der Waals surface area contributed by atoms with Crippen LogP contribution in [0.25, 0.3) is 0 Å². The third-order valence-corrected chi connectivity index (χ3v) is 5.44.